The van der Waals surface area contributed by atoms with Crippen LogP contribution in [0.1, 0.15) is 26.3 Å². The average molecular weight is 391 g/mol. The average Bonchev–Trinajstić information content (AvgIpc) is 2.71. The van der Waals surface area contributed by atoms with Gasteiger partial charge in [0.25, 0.3) is 17.5 Å². The van der Waals surface area contributed by atoms with Crippen LogP contribution in [0.4, 0.5) is 5.69 Å². The van der Waals surface area contributed by atoms with E-state index in [1.807, 2.05) is 30.5 Å². The first-order valence-electron chi connectivity index (χ1n) is 8.28. The molecule has 1 aliphatic heterocycles. The highest BCUT2D eigenvalue weighted by atomic mass is 32.2. The lowest BCUT2D eigenvalue weighted by molar-refractivity contribution is -0.383. The van der Waals surface area contributed by atoms with E-state index in [0.717, 1.165) is 15.5 Å². The molecular weight excluding hydrogens is 378 g/mol. The Morgan fingerprint density at radius 3 is 2.32 bits per heavy atom. The molecule has 0 spiro atoms. The number of thioether (sulfide) groups is 1. The number of carbonyl (C=O) groups excluding carboxylic acids is 2. The van der Waals surface area contributed by atoms with Crippen molar-refractivity contribution >= 4 is 46.3 Å². The first kappa shape index (κ1) is 17.9. The number of nitro groups is 1. The largest absolute Gasteiger partial charge is 0.282 e. The van der Waals surface area contributed by atoms with Gasteiger partial charge in [-0.2, -0.15) is 10.1 Å². The second kappa shape index (κ2) is 6.90. The first-order valence-corrected chi connectivity index (χ1v) is 9.50. The van der Waals surface area contributed by atoms with E-state index in [2.05, 4.69) is 5.10 Å². The predicted molar refractivity (Wildman–Crippen MR) is 107 cm³/mol. The van der Waals surface area contributed by atoms with E-state index in [-0.39, 0.29) is 22.2 Å². The molecule has 0 bridgehead atoms. The molecule has 0 saturated heterocycles. The van der Waals surface area contributed by atoms with Gasteiger partial charge in [-0.05, 0) is 42.2 Å². The van der Waals surface area contributed by atoms with Crippen molar-refractivity contribution < 1.29 is 14.5 Å². The summed E-state index contributed by atoms with van der Waals surface area (Å²) in [5.74, 6) is -1.22. The van der Waals surface area contributed by atoms with E-state index in [0.29, 0.717) is 5.39 Å². The van der Waals surface area contributed by atoms with Gasteiger partial charge in [-0.1, -0.05) is 18.2 Å². The maximum absolute atomic E-state index is 12.8. The summed E-state index contributed by atoms with van der Waals surface area (Å²) in [6.07, 6.45) is 3.41. The summed E-state index contributed by atoms with van der Waals surface area (Å²) in [6, 6.07) is 14.8. The molecule has 28 heavy (non-hydrogen) atoms. The predicted octanol–water partition coefficient (Wildman–Crippen LogP) is 4.10. The zero-order chi connectivity index (χ0) is 19.8. The Bertz CT molecular complexity index is 1150. The van der Waals surface area contributed by atoms with Crippen LogP contribution in [0.5, 0.6) is 0 Å². The smallest absolute Gasteiger partial charge is 0.267 e. The minimum Gasteiger partial charge on any atom is -0.267 e. The van der Waals surface area contributed by atoms with Gasteiger partial charge in [0, 0.05) is 16.3 Å². The van der Waals surface area contributed by atoms with E-state index in [1.54, 1.807) is 23.9 Å². The summed E-state index contributed by atoms with van der Waals surface area (Å²) < 4.78 is 0. The summed E-state index contributed by atoms with van der Waals surface area (Å²) in [5.41, 5.74) is 1.02. The van der Waals surface area contributed by atoms with Crippen molar-refractivity contribution in [3.05, 3.63) is 81.4 Å². The van der Waals surface area contributed by atoms with Crippen molar-refractivity contribution in [1.82, 2.24) is 5.01 Å². The number of non-ortho nitro benzene ring substituents is 1. The molecule has 2 amide bonds. The van der Waals surface area contributed by atoms with Gasteiger partial charge < -0.3 is 0 Å². The molecule has 3 aromatic carbocycles. The van der Waals surface area contributed by atoms with Crippen molar-refractivity contribution in [2.24, 2.45) is 5.10 Å². The van der Waals surface area contributed by atoms with Crippen molar-refractivity contribution in [3.8, 4) is 0 Å². The number of hydrogen-bond acceptors (Lipinski definition) is 6. The molecule has 0 saturated carbocycles. The van der Waals surface area contributed by atoms with E-state index in [9.17, 15) is 19.7 Å². The zero-order valence-electron chi connectivity index (χ0n) is 14.7. The highest BCUT2D eigenvalue weighted by molar-refractivity contribution is 7.98. The third kappa shape index (κ3) is 2.84. The van der Waals surface area contributed by atoms with Crippen LogP contribution in [0.15, 0.2) is 64.6 Å². The third-order valence-corrected chi connectivity index (χ3v) is 5.24. The number of nitro benzene ring substituents is 1. The van der Waals surface area contributed by atoms with Crippen molar-refractivity contribution in [3.63, 3.8) is 0 Å². The minimum atomic E-state index is -0.611. The van der Waals surface area contributed by atoms with Gasteiger partial charge >= 0.3 is 0 Å². The summed E-state index contributed by atoms with van der Waals surface area (Å²) in [4.78, 5) is 37.5. The topological polar surface area (TPSA) is 92.9 Å². The molecule has 8 heteroatoms. The van der Waals surface area contributed by atoms with Gasteiger partial charge in [-0.15, -0.1) is 11.8 Å². The number of nitrogens with zero attached hydrogens (tertiary/aromatic N) is 3. The highest BCUT2D eigenvalue weighted by Crippen LogP contribution is 2.35. The molecule has 4 rings (SSSR count). The molecule has 0 unspecified atom stereocenters. The number of imide groups is 1. The molecule has 0 aliphatic carbocycles. The van der Waals surface area contributed by atoms with Crippen LogP contribution < -0.4 is 0 Å². The van der Waals surface area contributed by atoms with Gasteiger partial charge in [0.05, 0.1) is 27.7 Å². The Balaban J connectivity index is 1.77. The molecular formula is C20H13N3O4S. The van der Waals surface area contributed by atoms with Crippen molar-refractivity contribution in [1.29, 1.82) is 0 Å². The fraction of sp³-hybridized carbons (Fsp3) is 0.0500. The lowest BCUT2D eigenvalue weighted by Gasteiger charge is -2.22. The Kier molecular flexibility index (Phi) is 4.40. The maximum Gasteiger partial charge on any atom is 0.282 e. The lowest BCUT2D eigenvalue weighted by atomic mass is 9.94. The van der Waals surface area contributed by atoms with Crippen LogP contribution in [0.2, 0.25) is 0 Å². The van der Waals surface area contributed by atoms with E-state index in [4.69, 9.17) is 0 Å². The number of amides is 2. The van der Waals surface area contributed by atoms with Crippen LogP contribution in [-0.2, 0) is 0 Å². The first-order chi connectivity index (χ1) is 13.5. The molecule has 0 aromatic heterocycles. The number of rotatable bonds is 4. The van der Waals surface area contributed by atoms with Crippen LogP contribution >= 0.6 is 11.8 Å². The summed E-state index contributed by atoms with van der Waals surface area (Å²) >= 11 is 1.61. The summed E-state index contributed by atoms with van der Waals surface area (Å²) in [7, 11) is 0. The monoisotopic (exact) mass is 391 g/mol. The lowest BCUT2D eigenvalue weighted by Crippen LogP contribution is -2.36. The van der Waals surface area contributed by atoms with Crippen molar-refractivity contribution in [2.45, 2.75) is 4.90 Å². The van der Waals surface area contributed by atoms with Gasteiger partial charge in [0.15, 0.2) is 0 Å². The second-order valence-electron chi connectivity index (χ2n) is 6.06. The van der Waals surface area contributed by atoms with E-state index >= 15 is 0 Å². The highest BCUT2D eigenvalue weighted by Gasteiger charge is 2.34. The number of hydrogen-bond donors (Lipinski definition) is 0. The quantitative estimate of drug-likeness (QED) is 0.219. The molecule has 0 atom stereocenters. The van der Waals surface area contributed by atoms with Gasteiger partial charge in [0.2, 0.25) is 0 Å². The number of benzene rings is 3. The summed E-state index contributed by atoms with van der Waals surface area (Å²) in [6.45, 7) is 0. The summed E-state index contributed by atoms with van der Waals surface area (Å²) in [5, 5.41) is 16.7. The number of carbonyl (C=O) groups is 2. The Labute approximate surface area is 163 Å². The Morgan fingerprint density at radius 1 is 1.00 bits per heavy atom. The van der Waals surface area contributed by atoms with Crippen LogP contribution in [0, 0.1) is 10.1 Å². The van der Waals surface area contributed by atoms with Crippen LogP contribution in [0.3, 0.4) is 0 Å². The van der Waals surface area contributed by atoms with Crippen LogP contribution in [0.25, 0.3) is 10.8 Å². The van der Waals surface area contributed by atoms with E-state index < -0.39 is 16.7 Å². The van der Waals surface area contributed by atoms with Gasteiger partial charge in [-0.25, -0.2) is 0 Å². The molecule has 7 nitrogen and oxygen atoms in total. The minimum absolute atomic E-state index is 0.146. The standard InChI is InChI=1S/C20H13N3O4S/c1-28-13-7-5-12(6-8-13)11-21-22-19(24)15-4-2-3-14-17(23(26)27)10-9-16(18(14)15)20(22)25/h2-11H,1H3/b21-11-. The maximum atomic E-state index is 12.8. The SMILES string of the molecule is CSc1ccc(/C=N\N2C(=O)c3cccc4c([N+](=O)[O-])ccc(c34)C2=O)cc1. The molecule has 1 aliphatic rings. The fourth-order valence-electron chi connectivity index (χ4n) is 3.15. The van der Waals surface area contributed by atoms with E-state index in [1.165, 1.54) is 24.4 Å². The molecule has 0 radical (unpaired) electrons. The molecule has 0 fully saturated rings. The molecule has 3 aromatic rings. The molecule has 0 N–H and O–H groups in total. The second-order valence-corrected chi connectivity index (χ2v) is 6.94. The zero-order valence-corrected chi connectivity index (χ0v) is 15.5. The fourth-order valence-corrected chi connectivity index (χ4v) is 3.55. The molecule has 1 heterocycles. The van der Waals surface area contributed by atoms with Gasteiger partial charge in [-0.3, -0.25) is 19.7 Å². The number of hydrazone groups is 1. The normalized spacial score (nSPS) is 13.5. The van der Waals surface area contributed by atoms with Crippen molar-refractivity contribution in [2.75, 3.05) is 6.26 Å². The Morgan fingerprint density at radius 2 is 1.68 bits per heavy atom. The van der Waals surface area contributed by atoms with Gasteiger partial charge in [0.1, 0.15) is 0 Å². The Hall–Kier alpha value is -3.52. The van der Waals surface area contributed by atoms with Crippen LogP contribution in [-0.4, -0.2) is 34.2 Å². The third-order valence-electron chi connectivity index (χ3n) is 4.50. The molecule has 138 valence electrons.